The van der Waals surface area contributed by atoms with Crippen molar-refractivity contribution in [3.63, 3.8) is 0 Å². The van der Waals surface area contributed by atoms with Crippen LogP contribution in [-0.4, -0.2) is 18.9 Å². The maximum Gasteiger partial charge on any atom is 0.266 e. The molecule has 0 atom stereocenters. The van der Waals surface area contributed by atoms with E-state index in [0.717, 1.165) is 11.1 Å². The summed E-state index contributed by atoms with van der Waals surface area (Å²) < 4.78 is 0. The topological polar surface area (TPSA) is 58.2 Å². The first kappa shape index (κ1) is 16.0. The smallest absolute Gasteiger partial charge is 0.266 e. The van der Waals surface area contributed by atoms with E-state index in [9.17, 15) is 9.59 Å². The van der Waals surface area contributed by atoms with Crippen LogP contribution < -0.4 is 10.6 Å². The molecule has 0 aliphatic heterocycles. The molecule has 3 rings (SSSR count). The van der Waals surface area contributed by atoms with Gasteiger partial charge in [0.1, 0.15) is 0 Å². The minimum atomic E-state index is -0.156. The van der Waals surface area contributed by atoms with Crippen LogP contribution in [-0.2, 0) is 0 Å². The van der Waals surface area contributed by atoms with E-state index in [2.05, 4.69) is 10.6 Å². The first-order valence-electron chi connectivity index (χ1n) is 7.45. The van der Waals surface area contributed by atoms with Gasteiger partial charge in [-0.3, -0.25) is 9.59 Å². The van der Waals surface area contributed by atoms with E-state index >= 15 is 0 Å². The van der Waals surface area contributed by atoms with Gasteiger partial charge in [-0.25, -0.2) is 0 Å². The number of anilines is 1. The lowest BCUT2D eigenvalue weighted by Crippen LogP contribution is -2.17. The van der Waals surface area contributed by atoms with Crippen molar-refractivity contribution in [1.82, 2.24) is 5.32 Å². The van der Waals surface area contributed by atoms with Crippen molar-refractivity contribution < 1.29 is 9.59 Å². The van der Waals surface area contributed by atoms with Crippen LogP contribution in [0.2, 0.25) is 0 Å². The summed E-state index contributed by atoms with van der Waals surface area (Å²) in [6, 6.07) is 18.6. The number of rotatable bonds is 4. The normalized spacial score (nSPS) is 10.2. The van der Waals surface area contributed by atoms with Gasteiger partial charge >= 0.3 is 0 Å². The van der Waals surface area contributed by atoms with Crippen molar-refractivity contribution in [2.75, 3.05) is 12.4 Å². The van der Waals surface area contributed by atoms with Crippen molar-refractivity contribution in [2.45, 2.75) is 0 Å². The molecule has 1 aromatic heterocycles. The predicted molar refractivity (Wildman–Crippen MR) is 97.5 cm³/mol. The second kappa shape index (κ2) is 7.10. The highest BCUT2D eigenvalue weighted by atomic mass is 32.1. The van der Waals surface area contributed by atoms with Crippen LogP contribution in [0.25, 0.3) is 11.1 Å². The Bertz CT molecular complexity index is 855. The van der Waals surface area contributed by atoms with Gasteiger partial charge < -0.3 is 10.6 Å². The first-order valence-corrected chi connectivity index (χ1v) is 8.33. The van der Waals surface area contributed by atoms with Crippen LogP contribution in [0.15, 0.2) is 66.0 Å². The van der Waals surface area contributed by atoms with Gasteiger partial charge in [-0.1, -0.05) is 30.3 Å². The Morgan fingerprint density at radius 3 is 2.25 bits per heavy atom. The molecule has 0 radical (unpaired) electrons. The van der Waals surface area contributed by atoms with E-state index in [1.54, 1.807) is 31.3 Å². The molecule has 4 nitrogen and oxygen atoms in total. The summed E-state index contributed by atoms with van der Waals surface area (Å²) in [7, 11) is 1.58. The number of amides is 2. The predicted octanol–water partition coefficient (Wildman–Crippen LogP) is 4.03. The Labute approximate surface area is 144 Å². The Morgan fingerprint density at radius 1 is 0.875 bits per heavy atom. The van der Waals surface area contributed by atoms with Crippen LogP contribution in [0.4, 0.5) is 5.69 Å². The minimum absolute atomic E-state index is 0.155. The molecular formula is C19H16N2O2S. The highest BCUT2D eigenvalue weighted by molar-refractivity contribution is 7.12. The van der Waals surface area contributed by atoms with Crippen molar-refractivity contribution in [3.05, 3.63) is 76.5 Å². The van der Waals surface area contributed by atoms with Gasteiger partial charge in [-0.05, 0) is 41.3 Å². The molecule has 0 saturated carbocycles. The average molecular weight is 336 g/mol. The van der Waals surface area contributed by atoms with Gasteiger partial charge in [0.25, 0.3) is 11.8 Å². The van der Waals surface area contributed by atoms with Gasteiger partial charge in [0.05, 0.1) is 4.88 Å². The number of thiophene rings is 1. The molecule has 0 aliphatic carbocycles. The molecule has 5 heteroatoms. The second-order valence-corrected chi connectivity index (χ2v) is 6.06. The van der Waals surface area contributed by atoms with Crippen molar-refractivity contribution in [3.8, 4) is 11.1 Å². The largest absolute Gasteiger partial charge is 0.355 e. The lowest BCUT2D eigenvalue weighted by atomic mass is 10.1. The number of hydrogen-bond acceptors (Lipinski definition) is 3. The monoisotopic (exact) mass is 336 g/mol. The quantitative estimate of drug-likeness (QED) is 0.756. The zero-order valence-corrected chi connectivity index (χ0v) is 13.9. The third kappa shape index (κ3) is 3.36. The van der Waals surface area contributed by atoms with E-state index in [4.69, 9.17) is 0 Å². The summed E-state index contributed by atoms with van der Waals surface area (Å²) in [6.45, 7) is 0. The Hall–Kier alpha value is -2.92. The lowest BCUT2D eigenvalue weighted by Gasteiger charge is -2.07. The van der Waals surface area contributed by atoms with Gasteiger partial charge in [0, 0.05) is 23.9 Å². The molecule has 0 saturated heterocycles. The van der Waals surface area contributed by atoms with Gasteiger partial charge in [0.15, 0.2) is 0 Å². The third-order valence-electron chi connectivity index (χ3n) is 3.59. The summed E-state index contributed by atoms with van der Waals surface area (Å²) in [5.41, 5.74) is 3.13. The molecule has 3 aromatic rings. The van der Waals surface area contributed by atoms with Crippen LogP contribution in [0.3, 0.4) is 0 Å². The maximum absolute atomic E-state index is 12.6. The van der Waals surface area contributed by atoms with Gasteiger partial charge in [0.2, 0.25) is 0 Å². The molecule has 0 aliphatic rings. The molecule has 2 aromatic carbocycles. The summed E-state index contributed by atoms with van der Waals surface area (Å²) in [6.07, 6.45) is 0. The van der Waals surface area contributed by atoms with Crippen LogP contribution in [0, 0.1) is 0 Å². The molecule has 0 unspecified atom stereocenters. The van der Waals surface area contributed by atoms with Crippen molar-refractivity contribution in [1.29, 1.82) is 0 Å². The highest BCUT2D eigenvalue weighted by Crippen LogP contribution is 2.28. The number of carbonyl (C=O) groups excluding carboxylic acids is 2. The minimum Gasteiger partial charge on any atom is -0.355 e. The summed E-state index contributed by atoms with van der Waals surface area (Å²) >= 11 is 1.41. The average Bonchev–Trinajstić information content (AvgIpc) is 3.12. The van der Waals surface area contributed by atoms with E-state index in [1.807, 2.05) is 41.8 Å². The van der Waals surface area contributed by atoms with Crippen LogP contribution >= 0.6 is 11.3 Å². The van der Waals surface area contributed by atoms with E-state index < -0.39 is 0 Å². The number of nitrogens with one attached hydrogen (secondary N) is 2. The number of hydrogen-bond donors (Lipinski definition) is 2. The molecular weight excluding hydrogens is 320 g/mol. The highest BCUT2D eigenvalue weighted by Gasteiger charge is 2.15. The lowest BCUT2D eigenvalue weighted by molar-refractivity contribution is 0.0962. The zero-order valence-electron chi connectivity index (χ0n) is 13.1. The molecule has 2 amide bonds. The summed E-state index contributed by atoms with van der Waals surface area (Å²) in [5.74, 6) is -0.311. The van der Waals surface area contributed by atoms with Crippen molar-refractivity contribution in [2.24, 2.45) is 0 Å². The molecule has 0 bridgehead atoms. The van der Waals surface area contributed by atoms with E-state index in [0.29, 0.717) is 16.1 Å². The summed E-state index contributed by atoms with van der Waals surface area (Å²) in [5, 5.41) is 7.35. The molecule has 0 spiro atoms. The van der Waals surface area contributed by atoms with Crippen molar-refractivity contribution >= 4 is 28.8 Å². The Balaban J connectivity index is 1.79. The SMILES string of the molecule is CNC(=O)c1ccc(NC(=O)c2sccc2-c2ccccc2)cc1. The van der Waals surface area contributed by atoms with Crippen LogP contribution in [0.5, 0.6) is 0 Å². The van der Waals surface area contributed by atoms with E-state index in [1.165, 1.54) is 11.3 Å². The maximum atomic E-state index is 12.6. The number of carbonyl (C=O) groups is 2. The second-order valence-electron chi connectivity index (χ2n) is 5.14. The van der Waals surface area contributed by atoms with Gasteiger partial charge in [-0.2, -0.15) is 0 Å². The summed E-state index contributed by atoms with van der Waals surface area (Å²) in [4.78, 5) is 24.8. The third-order valence-corrected chi connectivity index (χ3v) is 4.50. The molecule has 1 heterocycles. The fraction of sp³-hybridized carbons (Fsp3) is 0.0526. The standard InChI is InChI=1S/C19H16N2O2S/c1-20-18(22)14-7-9-15(10-8-14)21-19(23)17-16(11-12-24-17)13-5-3-2-4-6-13/h2-12H,1H3,(H,20,22)(H,21,23). The first-order chi connectivity index (χ1) is 11.7. The van der Waals surface area contributed by atoms with Crippen LogP contribution in [0.1, 0.15) is 20.0 Å². The molecule has 120 valence electrons. The number of benzene rings is 2. The van der Waals surface area contributed by atoms with E-state index in [-0.39, 0.29) is 11.8 Å². The zero-order chi connectivity index (χ0) is 16.9. The Kier molecular flexibility index (Phi) is 4.72. The molecule has 2 N–H and O–H groups in total. The fourth-order valence-electron chi connectivity index (χ4n) is 2.37. The Morgan fingerprint density at radius 2 is 1.58 bits per heavy atom. The van der Waals surface area contributed by atoms with Gasteiger partial charge in [-0.15, -0.1) is 11.3 Å². The fourth-order valence-corrected chi connectivity index (χ4v) is 3.18. The molecule has 24 heavy (non-hydrogen) atoms. The molecule has 0 fully saturated rings.